The zero-order valence-corrected chi connectivity index (χ0v) is 16.5. The molecule has 4 rings (SSSR count). The molecule has 30 heavy (non-hydrogen) atoms. The fourth-order valence-corrected chi connectivity index (χ4v) is 3.35. The number of amides is 2. The van der Waals surface area contributed by atoms with Gasteiger partial charge in [0.05, 0.1) is 11.9 Å². The molecule has 2 aromatic carbocycles. The van der Waals surface area contributed by atoms with Gasteiger partial charge in [-0.1, -0.05) is 12.1 Å². The number of hydrogen-bond acceptors (Lipinski definition) is 4. The molecule has 0 aliphatic carbocycles. The number of urea groups is 1. The molecule has 0 atom stereocenters. The second-order valence-electron chi connectivity index (χ2n) is 7.14. The van der Waals surface area contributed by atoms with E-state index in [0.29, 0.717) is 30.3 Å². The summed E-state index contributed by atoms with van der Waals surface area (Å²) in [4.78, 5) is 20.5. The maximum atomic E-state index is 13.0. The van der Waals surface area contributed by atoms with Crippen LogP contribution < -0.4 is 10.1 Å². The summed E-state index contributed by atoms with van der Waals surface area (Å²) in [7, 11) is 0. The van der Waals surface area contributed by atoms with Gasteiger partial charge in [-0.2, -0.15) is 0 Å². The van der Waals surface area contributed by atoms with Crippen LogP contribution in [-0.4, -0.2) is 47.0 Å². The SMILES string of the molecule is O=C(Nc1cccnc1)N1CCN(Cc2cccc(Oc3ccc(F)cc3)c2)CC1. The second-order valence-corrected chi connectivity index (χ2v) is 7.14. The van der Waals surface area contributed by atoms with Gasteiger partial charge in [0.2, 0.25) is 0 Å². The lowest BCUT2D eigenvalue weighted by Gasteiger charge is -2.34. The van der Waals surface area contributed by atoms with Crippen LogP contribution in [0, 0.1) is 5.82 Å². The van der Waals surface area contributed by atoms with E-state index in [0.717, 1.165) is 25.2 Å². The van der Waals surface area contributed by atoms with Crippen molar-refractivity contribution in [2.45, 2.75) is 6.54 Å². The van der Waals surface area contributed by atoms with Crippen LogP contribution in [0.4, 0.5) is 14.9 Å². The Bertz CT molecular complexity index is 974. The highest BCUT2D eigenvalue weighted by Gasteiger charge is 2.21. The number of carbonyl (C=O) groups excluding carboxylic acids is 1. The van der Waals surface area contributed by atoms with E-state index in [-0.39, 0.29) is 11.8 Å². The lowest BCUT2D eigenvalue weighted by molar-refractivity contribution is 0.143. The van der Waals surface area contributed by atoms with E-state index in [1.54, 1.807) is 30.6 Å². The van der Waals surface area contributed by atoms with Crippen LogP contribution in [0.5, 0.6) is 11.5 Å². The van der Waals surface area contributed by atoms with E-state index >= 15 is 0 Å². The molecule has 154 valence electrons. The zero-order valence-electron chi connectivity index (χ0n) is 16.5. The fraction of sp³-hybridized carbons (Fsp3) is 0.217. The molecule has 1 aliphatic rings. The number of ether oxygens (including phenoxy) is 1. The normalized spacial score (nSPS) is 14.4. The Morgan fingerprint density at radius 3 is 2.53 bits per heavy atom. The van der Waals surface area contributed by atoms with Gasteiger partial charge >= 0.3 is 6.03 Å². The van der Waals surface area contributed by atoms with Gasteiger partial charge < -0.3 is 15.0 Å². The number of carbonyl (C=O) groups is 1. The largest absolute Gasteiger partial charge is 0.457 e. The number of benzene rings is 2. The molecule has 7 heteroatoms. The topological polar surface area (TPSA) is 57.7 Å². The minimum Gasteiger partial charge on any atom is -0.457 e. The van der Waals surface area contributed by atoms with Gasteiger partial charge in [0.25, 0.3) is 0 Å². The van der Waals surface area contributed by atoms with Gasteiger partial charge in [0.15, 0.2) is 0 Å². The molecule has 1 aliphatic heterocycles. The molecule has 0 spiro atoms. The lowest BCUT2D eigenvalue weighted by atomic mass is 10.2. The molecule has 1 N–H and O–H groups in total. The average Bonchev–Trinajstić information content (AvgIpc) is 2.77. The number of pyridine rings is 1. The predicted octanol–water partition coefficient (Wildman–Crippen LogP) is 4.36. The smallest absolute Gasteiger partial charge is 0.321 e. The molecule has 1 fully saturated rings. The summed E-state index contributed by atoms with van der Waals surface area (Å²) < 4.78 is 18.9. The number of nitrogens with zero attached hydrogens (tertiary/aromatic N) is 3. The summed E-state index contributed by atoms with van der Waals surface area (Å²) in [6.45, 7) is 3.70. The Balaban J connectivity index is 1.28. The molecule has 0 radical (unpaired) electrons. The Kier molecular flexibility index (Phi) is 6.20. The third-order valence-corrected chi connectivity index (χ3v) is 4.93. The van der Waals surface area contributed by atoms with Gasteiger partial charge in [0.1, 0.15) is 17.3 Å². The minimum absolute atomic E-state index is 0.0997. The summed E-state index contributed by atoms with van der Waals surface area (Å²) in [5, 5.41) is 2.88. The van der Waals surface area contributed by atoms with E-state index in [1.165, 1.54) is 12.1 Å². The number of anilines is 1. The van der Waals surface area contributed by atoms with E-state index in [1.807, 2.05) is 29.2 Å². The molecule has 2 amide bonds. The van der Waals surface area contributed by atoms with Gasteiger partial charge in [-0.15, -0.1) is 0 Å². The summed E-state index contributed by atoms with van der Waals surface area (Å²) in [5.74, 6) is 1.03. The first kappa shape index (κ1) is 19.8. The summed E-state index contributed by atoms with van der Waals surface area (Å²) in [6.07, 6.45) is 3.31. The van der Waals surface area contributed by atoms with Gasteiger partial charge in [-0.25, -0.2) is 9.18 Å². The van der Waals surface area contributed by atoms with Crippen molar-refractivity contribution < 1.29 is 13.9 Å². The molecule has 0 saturated carbocycles. The fourth-order valence-electron chi connectivity index (χ4n) is 3.35. The quantitative estimate of drug-likeness (QED) is 0.684. The number of hydrogen-bond donors (Lipinski definition) is 1. The molecule has 6 nitrogen and oxygen atoms in total. The lowest BCUT2D eigenvalue weighted by Crippen LogP contribution is -2.49. The Hall–Kier alpha value is -3.45. The third kappa shape index (κ3) is 5.33. The van der Waals surface area contributed by atoms with Crippen molar-refractivity contribution in [2.24, 2.45) is 0 Å². The van der Waals surface area contributed by atoms with E-state index < -0.39 is 0 Å². The second kappa shape index (κ2) is 9.37. The van der Waals surface area contributed by atoms with Crippen LogP contribution in [0.2, 0.25) is 0 Å². The number of aromatic nitrogens is 1. The Labute approximate surface area is 174 Å². The third-order valence-electron chi connectivity index (χ3n) is 4.93. The van der Waals surface area contributed by atoms with Crippen LogP contribution in [-0.2, 0) is 6.54 Å². The predicted molar refractivity (Wildman–Crippen MR) is 113 cm³/mol. The van der Waals surface area contributed by atoms with Gasteiger partial charge in [-0.3, -0.25) is 9.88 Å². The highest BCUT2D eigenvalue weighted by molar-refractivity contribution is 5.89. The molecule has 3 aromatic rings. The van der Waals surface area contributed by atoms with E-state index in [2.05, 4.69) is 21.3 Å². The Morgan fingerprint density at radius 2 is 1.80 bits per heavy atom. The monoisotopic (exact) mass is 406 g/mol. The number of rotatable bonds is 5. The molecule has 0 bridgehead atoms. The first-order valence-corrected chi connectivity index (χ1v) is 9.86. The van der Waals surface area contributed by atoms with Crippen LogP contribution in [0.15, 0.2) is 73.1 Å². The van der Waals surface area contributed by atoms with Gasteiger partial charge in [-0.05, 0) is 54.1 Å². The highest BCUT2D eigenvalue weighted by atomic mass is 19.1. The summed E-state index contributed by atoms with van der Waals surface area (Å²) in [5.41, 5.74) is 1.82. The maximum absolute atomic E-state index is 13.0. The van der Waals surface area contributed by atoms with Crippen molar-refractivity contribution in [3.63, 3.8) is 0 Å². The van der Waals surface area contributed by atoms with E-state index in [4.69, 9.17) is 4.74 Å². The van der Waals surface area contributed by atoms with Crippen molar-refractivity contribution >= 4 is 11.7 Å². The summed E-state index contributed by atoms with van der Waals surface area (Å²) in [6, 6.07) is 17.4. The average molecular weight is 406 g/mol. The molecule has 2 heterocycles. The zero-order chi connectivity index (χ0) is 20.8. The number of halogens is 1. The van der Waals surface area contributed by atoms with Crippen molar-refractivity contribution in [3.05, 3.63) is 84.4 Å². The summed E-state index contributed by atoms with van der Waals surface area (Å²) >= 11 is 0. The van der Waals surface area contributed by atoms with Crippen LogP contribution in [0.3, 0.4) is 0 Å². The first-order chi connectivity index (χ1) is 14.7. The number of nitrogens with one attached hydrogen (secondary N) is 1. The van der Waals surface area contributed by atoms with Crippen LogP contribution in [0.25, 0.3) is 0 Å². The van der Waals surface area contributed by atoms with Crippen LogP contribution in [0.1, 0.15) is 5.56 Å². The van der Waals surface area contributed by atoms with Crippen LogP contribution >= 0.6 is 0 Å². The minimum atomic E-state index is -0.288. The maximum Gasteiger partial charge on any atom is 0.321 e. The molecule has 1 saturated heterocycles. The Morgan fingerprint density at radius 1 is 1.00 bits per heavy atom. The van der Waals surface area contributed by atoms with Crippen molar-refractivity contribution in [2.75, 3.05) is 31.5 Å². The van der Waals surface area contributed by atoms with Crippen molar-refractivity contribution in [3.8, 4) is 11.5 Å². The van der Waals surface area contributed by atoms with Gasteiger partial charge in [0, 0.05) is 38.9 Å². The van der Waals surface area contributed by atoms with Crippen molar-refractivity contribution in [1.29, 1.82) is 0 Å². The highest BCUT2D eigenvalue weighted by Crippen LogP contribution is 2.23. The molecule has 1 aromatic heterocycles. The molecule has 0 unspecified atom stereocenters. The molecular weight excluding hydrogens is 383 g/mol. The first-order valence-electron chi connectivity index (χ1n) is 9.86. The van der Waals surface area contributed by atoms with E-state index in [9.17, 15) is 9.18 Å². The van der Waals surface area contributed by atoms with Crippen molar-refractivity contribution in [1.82, 2.24) is 14.8 Å². The molecular formula is C23H23FN4O2. The standard InChI is InChI=1S/C23H23FN4O2/c24-19-6-8-21(9-7-19)30-22-5-1-3-18(15-22)17-27-11-13-28(14-12-27)23(29)26-20-4-2-10-25-16-20/h1-10,15-16H,11-14,17H2,(H,26,29). The number of piperazine rings is 1.